The molecule has 0 saturated carbocycles. The van der Waals surface area contributed by atoms with Crippen molar-refractivity contribution in [1.29, 1.82) is 0 Å². The molecule has 0 aliphatic carbocycles. The van der Waals surface area contributed by atoms with E-state index in [9.17, 15) is 10.1 Å². The van der Waals surface area contributed by atoms with Crippen molar-refractivity contribution in [3.8, 4) is 0 Å². The number of aromatic nitrogens is 1. The van der Waals surface area contributed by atoms with Crippen LogP contribution >= 0.6 is 17.0 Å². The largest absolute Gasteiger partial charge is 0.278 e. The summed E-state index contributed by atoms with van der Waals surface area (Å²) >= 11 is 0. The summed E-state index contributed by atoms with van der Waals surface area (Å²) < 4.78 is 2.11. The zero-order chi connectivity index (χ0) is 18.4. The van der Waals surface area contributed by atoms with Gasteiger partial charge in [-0.2, -0.15) is 5.10 Å². The van der Waals surface area contributed by atoms with Crippen LogP contribution in [0.4, 0.5) is 11.4 Å². The summed E-state index contributed by atoms with van der Waals surface area (Å²) in [6, 6.07) is 20.4. The van der Waals surface area contributed by atoms with Gasteiger partial charge in [0.2, 0.25) is 0 Å². The van der Waals surface area contributed by atoms with Gasteiger partial charge in [0.05, 0.1) is 21.9 Å². The molecule has 1 N–H and O–H groups in total. The quantitative estimate of drug-likeness (QED) is 0.275. The molecule has 0 amide bonds. The first kappa shape index (κ1) is 20.3. The lowest BCUT2D eigenvalue weighted by atomic mass is 10.2. The summed E-state index contributed by atoms with van der Waals surface area (Å²) in [4.78, 5) is 10.3. The molecule has 0 atom stereocenters. The van der Waals surface area contributed by atoms with E-state index in [1.54, 1.807) is 12.1 Å². The smallest absolute Gasteiger partial charge is 0.269 e. The molecule has 6 nitrogen and oxygen atoms in total. The van der Waals surface area contributed by atoms with Crippen molar-refractivity contribution < 1.29 is 9.49 Å². The number of nitrogens with zero attached hydrogens (tertiary/aromatic N) is 3. The molecule has 1 heterocycles. The van der Waals surface area contributed by atoms with Crippen LogP contribution in [-0.4, -0.2) is 10.6 Å². The number of rotatable bonds is 6. The van der Waals surface area contributed by atoms with E-state index in [1.807, 2.05) is 49.6 Å². The number of halogens is 1. The minimum Gasteiger partial charge on any atom is -0.278 e. The zero-order valence-electron chi connectivity index (χ0n) is 14.8. The van der Waals surface area contributed by atoms with Crippen molar-refractivity contribution in [2.75, 3.05) is 5.43 Å². The van der Waals surface area contributed by atoms with E-state index < -0.39 is 4.92 Å². The standard InChI is InChI=1S/C20H19N4O2.BrH/c1-16(21-22-19-9-11-20(12-10-19)24(25)26)18-8-5-13-23(15-18)14-17-6-3-2-4-7-17;/h2-13,15,22H,14H2,1H3;1H/q+1;/b21-16-;. The van der Waals surface area contributed by atoms with Gasteiger partial charge in [0.15, 0.2) is 18.9 Å². The Bertz CT molecular complexity index is 928. The van der Waals surface area contributed by atoms with Crippen LogP contribution in [0, 0.1) is 10.1 Å². The van der Waals surface area contributed by atoms with E-state index >= 15 is 0 Å². The first-order valence-corrected chi connectivity index (χ1v) is 8.20. The third-order valence-corrected chi connectivity index (χ3v) is 3.91. The molecule has 0 bridgehead atoms. The molecule has 0 saturated heterocycles. The molecular weight excluding hydrogens is 408 g/mol. The second kappa shape index (κ2) is 9.59. The number of nitro benzene ring substituents is 1. The summed E-state index contributed by atoms with van der Waals surface area (Å²) in [5.41, 5.74) is 6.74. The van der Waals surface area contributed by atoms with Crippen molar-refractivity contribution >= 4 is 34.1 Å². The van der Waals surface area contributed by atoms with Gasteiger partial charge in [0.25, 0.3) is 5.69 Å². The normalized spacial score (nSPS) is 10.8. The van der Waals surface area contributed by atoms with E-state index in [4.69, 9.17) is 0 Å². The third kappa shape index (κ3) is 5.72. The molecule has 3 rings (SSSR count). The number of hydrogen-bond acceptors (Lipinski definition) is 4. The van der Waals surface area contributed by atoms with Gasteiger partial charge < -0.3 is 0 Å². The number of benzene rings is 2. The monoisotopic (exact) mass is 427 g/mol. The SMILES string of the molecule is Br.C/C(=N/Nc1ccc([N+](=O)[O-])cc1)c1ccc[n+](Cc2ccccc2)c1. The average molecular weight is 428 g/mol. The molecule has 1 aromatic heterocycles. The van der Waals surface area contributed by atoms with Crippen LogP contribution in [0.5, 0.6) is 0 Å². The highest BCUT2D eigenvalue weighted by Gasteiger charge is 2.07. The summed E-state index contributed by atoms with van der Waals surface area (Å²) in [7, 11) is 0. The Morgan fingerprint density at radius 3 is 2.44 bits per heavy atom. The number of nitro groups is 1. The van der Waals surface area contributed by atoms with Crippen molar-refractivity contribution in [3.63, 3.8) is 0 Å². The van der Waals surface area contributed by atoms with Gasteiger partial charge in [-0.15, -0.1) is 17.0 Å². The molecule has 27 heavy (non-hydrogen) atoms. The summed E-state index contributed by atoms with van der Waals surface area (Å²) in [5.74, 6) is 0. The maximum atomic E-state index is 10.7. The predicted octanol–water partition coefficient (Wildman–Crippen LogP) is 4.34. The average Bonchev–Trinajstić information content (AvgIpc) is 2.67. The van der Waals surface area contributed by atoms with Gasteiger partial charge in [0.1, 0.15) is 0 Å². The number of nitrogens with one attached hydrogen (secondary N) is 1. The van der Waals surface area contributed by atoms with Crippen molar-refractivity contribution in [3.05, 3.63) is 100 Å². The highest BCUT2D eigenvalue weighted by atomic mass is 79.9. The molecule has 0 fully saturated rings. The molecule has 0 spiro atoms. The maximum absolute atomic E-state index is 10.7. The zero-order valence-corrected chi connectivity index (χ0v) is 16.5. The van der Waals surface area contributed by atoms with Gasteiger partial charge in [-0.3, -0.25) is 15.5 Å². The lowest BCUT2D eigenvalue weighted by molar-refractivity contribution is -0.688. The van der Waals surface area contributed by atoms with Gasteiger partial charge in [-0.1, -0.05) is 30.3 Å². The fourth-order valence-corrected chi connectivity index (χ4v) is 2.50. The first-order valence-electron chi connectivity index (χ1n) is 8.20. The summed E-state index contributed by atoms with van der Waals surface area (Å²) in [6.07, 6.45) is 4.07. The second-order valence-electron chi connectivity index (χ2n) is 5.86. The Morgan fingerprint density at radius 1 is 1.07 bits per heavy atom. The second-order valence-corrected chi connectivity index (χ2v) is 5.86. The minimum atomic E-state index is -0.423. The van der Waals surface area contributed by atoms with Crippen molar-refractivity contribution in [2.45, 2.75) is 13.5 Å². The van der Waals surface area contributed by atoms with Crippen LogP contribution in [0.25, 0.3) is 0 Å². The van der Waals surface area contributed by atoms with Crippen LogP contribution < -0.4 is 9.99 Å². The predicted molar refractivity (Wildman–Crippen MR) is 111 cm³/mol. The van der Waals surface area contributed by atoms with Gasteiger partial charge in [-0.25, -0.2) is 4.57 Å². The molecule has 0 aliphatic heterocycles. The Labute approximate surface area is 168 Å². The van der Waals surface area contributed by atoms with Gasteiger partial charge in [0, 0.05) is 23.8 Å². The van der Waals surface area contributed by atoms with Crippen LogP contribution in [0.2, 0.25) is 0 Å². The fourth-order valence-electron chi connectivity index (χ4n) is 2.50. The molecular formula is C20H20BrN4O2+. The Morgan fingerprint density at radius 2 is 1.78 bits per heavy atom. The summed E-state index contributed by atoms with van der Waals surface area (Å²) in [5, 5.41) is 15.1. The number of hydrazone groups is 1. The molecule has 3 aromatic rings. The van der Waals surface area contributed by atoms with Crippen LogP contribution in [0.1, 0.15) is 18.1 Å². The molecule has 7 heteroatoms. The Balaban J connectivity index is 0.00000261. The Kier molecular flexibility index (Phi) is 7.19. The maximum Gasteiger partial charge on any atom is 0.269 e. The van der Waals surface area contributed by atoms with Crippen molar-refractivity contribution in [2.24, 2.45) is 5.10 Å². The summed E-state index contributed by atoms with van der Waals surface area (Å²) in [6.45, 7) is 2.71. The lowest BCUT2D eigenvalue weighted by Crippen LogP contribution is -2.34. The molecule has 138 valence electrons. The fraction of sp³-hybridized carbons (Fsp3) is 0.100. The van der Waals surface area contributed by atoms with Gasteiger partial charge in [-0.05, 0) is 25.1 Å². The molecule has 2 aromatic carbocycles. The first-order chi connectivity index (χ1) is 12.6. The van der Waals surface area contributed by atoms with Gasteiger partial charge >= 0.3 is 0 Å². The van der Waals surface area contributed by atoms with E-state index in [0.717, 1.165) is 17.8 Å². The third-order valence-electron chi connectivity index (χ3n) is 3.91. The molecule has 0 aliphatic rings. The van der Waals surface area contributed by atoms with E-state index in [1.165, 1.54) is 17.7 Å². The highest BCUT2D eigenvalue weighted by Crippen LogP contribution is 2.15. The van der Waals surface area contributed by atoms with Crippen LogP contribution in [0.15, 0.2) is 84.2 Å². The minimum absolute atomic E-state index is 0. The van der Waals surface area contributed by atoms with E-state index in [2.05, 4.69) is 27.2 Å². The highest BCUT2D eigenvalue weighted by molar-refractivity contribution is 8.93. The van der Waals surface area contributed by atoms with Crippen molar-refractivity contribution in [1.82, 2.24) is 0 Å². The van der Waals surface area contributed by atoms with E-state index in [0.29, 0.717) is 5.69 Å². The molecule has 0 radical (unpaired) electrons. The lowest BCUT2D eigenvalue weighted by Gasteiger charge is -2.04. The molecule has 0 unspecified atom stereocenters. The topological polar surface area (TPSA) is 71.4 Å². The van der Waals surface area contributed by atoms with E-state index in [-0.39, 0.29) is 22.7 Å². The van der Waals surface area contributed by atoms with Crippen LogP contribution in [-0.2, 0) is 6.54 Å². The number of hydrogen-bond donors (Lipinski definition) is 1. The number of non-ortho nitro benzene ring substituents is 1. The number of anilines is 1. The van der Waals surface area contributed by atoms with Crippen LogP contribution in [0.3, 0.4) is 0 Å². The number of pyridine rings is 1. The Hall–Kier alpha value is -3.06.